The van der Waals surface area contributed by atoms with Crippen LogP contribution in [-0.2, 0) is 4.74 Å². The number of nitrogens with one attached hydrogen (secondary N) is 1. The third-order valence-corrected chi connectivity index (χ3v) is 4.00. The summed E-state index contributed by atoms with van der Waals surface area (Å²) in [6, 6.07) is 7.23. The van der Waals surface area contributed by atoms with Gasteiger partial charge in [-0.3, -0.25) is 4.90 Å². The predicted molar refractivity (Wildman–Crippen MR) is 89.7 cm³/mol. The topological polar surface area (TPSA) is 61.9 Å². The van der Waals surface area contributed by atoms with Crippen LogP contribution in [0, 0.1) is 0 Å². The van der Waals surface area contributed by atoms with Gasteiger partial charge in [-0.25, -0.2) is 9.59 Å². The summed E-state index contributed by atoms with van der Waals surface area (Å²) >= 11 is 0. The molecule has 0 aliphatic carbocycles. The Labute approximate surface area is 137 Å². The largest absolute Gasteiger partial charge is 0.462 e. The number of carbonyl (C=O) groups is 2. The summed E-state index contributed by atoms with van der Waals surface area (Å²) < 4.78 is 5.03. The Balaban J connectivity index is 2.00. The SMILES string of the molecule is CCOC(=O)c1ccccc1NC(=O)N1CCN(C(C)C)CC1. The average molecular weight is 319 g/mol. The molecule has 0 unspecified atom stereocenters. The van der Waals surface area contributed by atoms with Gasteiger partial charge in [0.15, 0.2) is 0 Å². The fourth-order valence-corrected chi connectivity index (χ4v) is 2.61. The van der Waals surface area contributed by atoms with E-state index in [2.05, 4.69) is 24.1 Å². The van der Waals surface area contributed by atoms with E-state index in [1.54, 1.807) is 36.1 Å². The van der Waals surface area contributed by atoms with Crippen LogP contribution in [0.25, 0.3) is 0 Å². The number of ether oxygens (including phenoxy) is 1. The Kier molecular flexibility index (Phi) is 5.98. The van der Waals surface area contributed by atoms with Crippen molar-refractivity contribution < 1.29 is 14.3 Å². The molecule has 2 amide bonds. The summed E-state index contributed by atoms with van der Waals surface area (Å²) in [5, 5.41) is 2.83. The van der Waals surface area contributed by atoms with Crippen LogP contribution in [0.3, 0.4) is 0 Å². The van der Waals surface area contributed by atoms with Gasteiger partial charge >= 0.3 is 12.0 Å². The number of esters is 1. The van der Waals surface area contributed by atoms with Crippen LogP contribution in [0.2, 0.25) is 0 Å². The minimum Gasteiger partial charge on any atom is -0.462 e. The Morgan fingerprint density at radius 2 is 1.83 bits per heavy atom. The molecule has 0 radical (unpaired) electrons. The lowest BCUT2D eigenvalue weighted by atomic mass is 10.2. The first kappa shape index (κ1) is 17.3. The van der Waals surface area contributed by atoms with Crippen molar-refractivity contribution in [3.63, 3.8) is 0 Å². The lowest BCUT2D eigenvalue weighted by molar-refractivity contribution is 0.0527. The highest BCUT2D eigenvalue weighted by atomic mass is 16.5. The first-order valence-electron chi connectivity index (χ1n) is 8.09. The maximum absolute atomic E-state index is 12.4. The van der Waals surface area contributed by atoms with Crippen LogP contribution < -0.4 is 5.32 Å². The molecule has 1 heterocycles. The van der Waals surface area contributed by atoms with E-state index in [1.807, 2.05) is 0 Å². The fraction of sp³-hybridized carbons (Fsp3) is 0.529. The van der Waals surface area contributed by atoms with Crippen molar-refractivity contribution in [1.29, 1.82) is 0 Å². The normalized spacial score (nSPS) is 15.6. The maximum atomic E-state index is 12.4. The molecule has 1 aliphatic heterocycles. The lowest BCUT2D eigenvalue weighted by Gasteiger charge is -2.36. The number of rotatable bonds is 4. The smallest absolute Gasteiger partial charge is 0.340 e. The molecule has 2 rings (SSSR count). The molecule has 0 saturated carbocycles. The third kappa shape index (κ3) is 4.45. The van der Waals surface area contributed by atoms with Crippen molar-refractivity contribution >= 4 is 17.7 Å². The highest BCUT2D eigenvalue weighted by Crippen LogP contribution is 2.17. The highest BCUT2D eigenvalue weighted by molar-refractivity contribution is 6.00. The summed E-state index contributed by atoms with van der Waals surface area (Å²) in [4.78, 5) is 28.5. The second kappa shape index (κ2) is 7.97. The van der Waals surface area contributed by atoms with E-state index < -0.39 is 5.97 Å². The van der Waals surface area contributed by atoms with E-state index in [-0.39, 0.29) is 6.03 Å². The summed E-state index contributed by atoms with van der Waals surface area (Å²) in [6.07, 6.45) is 0. The van der Waals surface area contributed by atoms with Crippen molar-refractivity contribution in [1.82, 2.24) is 9.80 Å². The number of carbonyl (C=O) groups excluding carboxylic acids is 2. The van der Waals surface area contributed by atoms with E-state index in [0.29, 0.717) is 37.0 Å². The summed E-state index contributed by atoms with van der Waals surface area (Å²) in [5.74, 6) is -0.423. The lowest BCUT2D eigenvalue weighted by Crippen LogP contribution is -2.51. The van der Waals surface area contributed by atoms with Crippen molar-refractivity contribution in [2.24, 2.45) is 0 Å². The Morgan fingerprint density at radius 3 is 2.43 bits per heavy atom. The second-order valence-corrected chi connectivity index (χ2v) is 5.81. The zero-order valence-electron chi connectivity index (χ0n) is 14.0. The monoisotopic (exact) mass is 319 g/mol. The standard InChI is InChI=1S/C17H25N3O3/c1-4-23-16(21)14-7-5-6-8-15(14)18-17(22)20-11-9-19(10-12-20)13(2)3/h5-8,13H,4,9-12H2,1-3H3,(H,18,22). The summed E-state index contributed by atoms with van der Waals surface area (Å²) in [6.45, 7) is 9.48. The molecule has 1 aromatic rings. The Morgan fingerprint density at radius 1 is 1.17 bits per heavy atom. The van der Waals surface area contributed by atoms with Crippen molar-refractivity contribution in [2.75, 3.05) is 38.1 Å². The molecule has 1 fully saturated rings. The minimum absolute atomic E-state index is 0.176. The molecule has 126 valence electrons. The fourth-order valence-electron chi connectivity index (χ4n) is 2.61. The number of piperazine rings is 1. The Hall–Kier alpha value is -2.08. The van der Waals surface area contributed by atoms with Gasteiger partial charge < -0.3 is 15.0 Å². The van der Waals surface area contributed by atoms with Crippen LogP contribution in [0.1, 0.15) is 31.1 Å². The molecule has 1 N–H and O–H groups in total. The van der Waals surface area contributed by atoms with E-state index in [4.69, 9.17) is 4.74 Å². The molecule has 6 nitrogen and oxygen atoms in total. The first-order valence-corrected chi connectivity index (χ1v) is 8.09. The number of hydrogen-bond acceptors (Lipinski definition) is 4. The van der Waals surface area contributed by atoms with Gasteiger partial charge in [0.05, 0.1) is 17.9 Å². The minimum atomic E-state index is -0.423. The van der Waals surface area contributed by atoms with Crippen LogP contribution in [-0.4, -0.2) is 60.6 Å². The molecule has 1 saturated heterocycles. The van der Waals surface area contributed by atoms with Crippen LogP contribution in [0.4, 0.5) is 10.5 Å². The van der Waals surface area contributed by atoms with Gasteiger partial charge in [-0.2, -0.15) is 0 Å². The van der Waals surface area contributed by atoms with Gasteiger partial charge in [0.1, 0.15) is 0 Å². The first-order chi connectivity index (χ1) is 11.0. The number of para-hydroxylation sites is 1. The van der Waals surface area contributed by atoms with Crippen LogP contribution in [0.5, 0.6) is 0 Å². The molecule has 23 heavy (non-hydrogen) atoms. The van der Waals surface area contributed by atoms with Gasteiger partial charge in [-0.1, -0.05) is 12.1 Å². The third-order valence-electron chi connectivity index (χ3n) is 4.00. The molecular weight excluding hydrogens is 294 g/mol. The maximum Gasteiger partial charge on any atom is 0.340 e. The van der Waals surface area contributed by atoms with Gasteiger partial charge in [0.25, 0.3) is 0 Å². The molecular formula is C17H25N3O3. The molecule has 0 atom stereocenters. The number of anilines is 1. The molecule has 0 spiro atoms. The predicted octanol–water partition coefficient (Wildman–Crippen LogP) is 2.42. The van der Waals surface area contributed by atoms with Gasteiger partial charge in [-0.05, 0) is 32.9 Å². The van der Waals surface area contributed by atoms with E-state index in [9.17, 15) is 9.59 Å². The van der Waals surface area contributed by atoms with Gasteiger partial charge in [0.2, 0.25) is 0 Å². The van der Waals surface area contributed by atoms with E-state index in [0.717, 1.165) is 13.1 Å². The zero-order valence-corrected chi connectivity index (χ0v) is 14.0. The number of hydrogen-bond donors (Lipinski definition) is 1. The second-order valence-electron chi connectivity index (χ2n) is 5.81. The number of urea groups is 1. The van der Waals surface area contributed by atoms with Crippen molar-refractivity contribution in [2.45, 2.75) is 26.8 Å². The zero-order chi connectivity index (χ0) is 16.8. The molecule has 0 bridgehead atoms. The van der Waals surface area contributed by atoms with Crippen LogP contribution >= 0.6 is 0 Å². The van der Waals surface area contributed by atoms with E-state index in [1.165, 1.54) is 0 Å². The Bertz CT molecular complexity index is 552. The number of nitrogens with zero attached hydrogens (tertiary/aromatic N) is 2. The summed E-state index contributed by atoms with van der Waals surface area (Å²) in [7, 11) is 0. The number of amides is 2. The molecule has 1 aliphatic rings. The number of benzene rings is 1. The van der Waals surface area contributed by atoms with Crippen molar-refractivity contribution in [3.05, 3.63) is 29.8 Å². The molecule has 0 aromatic heterocycles. The molecule has 6 heteroatoms. The molecule has 1 aromatic carbocycles. The van der Waals surface area contributed by atoms with Gasteiger partial charge in [-0.15, -0.1) is 0 Å². The average Bonchev–Trinajstić information content (AvgIpc) is 2.55. The van der Waals surface area contributed by atoms with Gasteiger partial charge in [0, 0.05) is 32.2 Å². The highest BCUT2D eigenvalue weighted by Gasteiger charge is 2.23. The summed E-state index contributed by atoms with van der Waals surface area (Å²) in [5.41, 5.74) is 0.866. The quantitative estimate of drug-likeness (QED) is 0.866. The van der Waals surface area contributed by atoms with Crippen LogP contribution in [0.15, 0.2) is 24.3 Å². The van der Waals surface area contributed by atoms with E-state index >= 15 is 0 Å². The van der Waals surface area contributed by atoms with Crippen molar-refractivity contribution in [3.8, 4) is 0 Å².